The molecule has 16 heavy (non-hydrogen) atoms. The van der Waals surface area contributed by atoms with Crippen molar-refractivity contribution in [2.45, 2.75) is 19.9 Å². The molecule has 0 radical (unpaired) electrons. The fourth-order valence-corrected chi connectivity index (χ4v) is 1.18. The maximum Gasteiger partial charge on any atom is 0.253 e. The molecule has 1 aromatic rings. The minimum atomic E-state index is -0.626. The molecule has 0 spiro atoms. The summed E-state index contributed by atoms with van der Waals surface area (Å²) in [5, 5.41) is 11.7. The second-order valence-corrected chi connectivity index (χ2v) is 3.88. The van der Waals surface area contributed by atoms with Crippen molar-refractivity contribution in [2.75, 3.05) is 6.61 Å². The number of nitrogens with one attached hydrogen (secondary N) is 1. The van der Waals surface area contributed by atoms with Crippen LogP contribution in [0.2, 0.25) is 0 Å². The van der Waals surface area contributed by atoms with Crippen LogP contribution in [0.25, 0.3) is 0 Å². The third-order valence-electron chi connectivity index (χ3n) is 2.31. The predicted molar refractivity (Wildman–Crippen MR) is 57.4 cm³/mol. The first-order valence-electron chi connectivity index (χ1n) is 5.08. The Bertz CT molecular complexity index is 352. The topological polar surface area (TPSA) is 62.2 Å². The van der Waals surface area contributed by atoms with Crippen LogP contribution in [0.1, 0.15) is 24.2 Å². The summed E-state index contributed by atoms with van der Waals surface area (Å²) in [6, 6.07) is 2.17. The SMILES string of the molecule is CC(C)[C@@H](CO)NC(=O)c1ccc(F)nc1. The van der Waals surface area contributed by atoms with Gasteiger partial charge >= 0.3 is 0 Å². The molecule has 0 aliphatic rings. The average Bonchev–Trinajstić information content (AvgIpc) is 2.26. The van der Waals surface area contributed by atoms with E-state index in [1.165, 1.54) is 12.3 Å². The monoisotopic (exact) mass is 226 g/mol. The minimum absolute atomic E-state index is 0.127. The molecule has 88 valence electrons. The van der Waals surface area contributed by atoms with E-state index in [1.54, 1.807) is 0 Å². The lowest BCUT2D eigenvalue weighted by Crippen LogP contribution is -2.41. The van der Waals surface area contributed by atoms with Gasteiger partial charge in [-0.05, 0) is 18.1 Å². The summed E-state index contributed by atoms with van der Waals surface area (Å²) >= 11 is 0. The summed E-state index contributed by atoms with van der Waals surface area (Å²) in [6.45, 7) is 3.66. The molecule has 0 saturated heterocycles. The Kier molecular flexibility index (Phi) is 4.37. The van der Waals surface area contributed by atoms with E-state index in [0.717, 1.165) is 6.07 Å². The van der Waals surface area contributed by atoms with E-state index in [4.69, 9.17) is 5.11 Å². The van der Waals surface area contributed by atoms with Crippen LogP contribution in [0, 0.1) is 11.9 Å². The molecule has 0 unspecified atom stereocenters. The van der Waals surface area contributed by atoms with Crippen molar-refractivity contribution in [3.05, 3.63) is 29.8 Å². The zero-order valence-electron chi connectivity index (χ0n) is 9.27. The molecule has 4 nitrogen and oxygen atoms in total. The highest BCUT2D eigenvalue weighted by atomic mass is 19.1. The van der Waals surface area contributed by atoms with Gasteiger partial charge in [-0.1, -0.05) is 13.8 Å². The lowest BCUT2D eigenvalue weighted by molar-refractivity contribution is 0.0896. The summed E-state index contributed by atoms with van der Waals surface area (Å²) in [5.41, 5.74) is 0.278. The van der Waals surface area contributed by atoms with Crippen LogP contribution in [-0.2, 0) is 0 Å². The molecule has 1 aromatic heterocycles. The highest BCUT2D eigenvalue weighted by Gasteiger charge is 2.16. The van der Waals surface area contributed by atoms with Gasteiger partial charge in [0.15, 0.2) is 0 Å². The number of rotatable bonds is 4. The Labute approximate surface area is 93.5 Å². The van der Waals surface area contributed by atoms with Crippen molar-refractivity contribution in [3.8, 4) is 0 Å². The number of carbonyl (C=O) groups is 1. The predicted octanol–water partition coefficient (Wildman–Crippen LogP) is 0.967. The molecule has 0 bridgehead atoms. The molecular weight excluding hydrogens is 211 g/mol. The quantitative estimate of drug-likeness (QED) is 0.752. The first kappa shape index (κ1) is 12.6. The number of aliphatic hydroxyl groups excluding tert-OH is 1. The number of carbonyl (C=O) groups excluding carboxylic acids is 1. The summed E-state index contributed by atoms with van der Waals surface area (Å²) in [4.78, 5) is 15.0. The molecular formula is C11H15FN2O2. The van der Waals surface area contributed by atoms with E-state index < -0.39 is 5.95 Å². The third-order valence-corrected chi connectivity index (χ3v) is 2.31. The highest BCUT2D eigenvalue weighted by Crippen LogP contribution is 2.04. The molecule has 1 rings (SSSR count). The van der Waals surface area contributed by atoms with E-state index in [-0.39, 0.29) is 30.0 Å². The normalized spacial score (nSPS) is 12.6. The zero-order chi connectivity index (χ0) is 12.1. The minimum Gasteiger partial charge on any atom is -0.394 e. The Morgan fingerprint density at radius 1 is 1.56 bits per heavy atom. The van der Waals surface area contributed by atoms with E-state index >= 15 is 0 Å². The summed E-state index contributed by atoms with van der Waals surface area (Å²) in [5.74, 6) is -0.860. The molecule has 0 fully saturated rings. The fourth-order valence-electron chi connectivity index (χ4n) is 1.18. The van der Waals surface area contributed by atoms with Gasteiger partial charge in [0.25, 0.3) is 5.91 Å². The van der Waals surface area contributed by atoms with Crippen molar-refractivity contribution >= 4 is 5.91 Å². The van der Waals surface area contributed by atoms with Crippen LogP contribution < -0.4 is 5.32 Å². The second-order valence-electron chi connectivity index (χ2n) is 3.88. The summed E-state index contributed by atoms with van der Waals surface area (Å²) < 4.78 is 12.5. The molecule has 0 aromatic carbocycles. The first-order chi connectivity index (χ1) is 7.54. The molecule has 0 aliphatic heterocycles. The van der Waals surface area contributed by atoms with Gasteiger partial charge in [0, 0.05) is 6.20 Å². The largest absolute Gasteiger partial charge is 0.394 e. The number of hydrogen-bond donors (Lipinski definition) is 2. The van der Waals surface area contributed by atoms with Crippen LogP contribution in [0.15, 0.2) is 18.3 Å². The smallest absolute Gasteiger partial charge is 0.253 e. The Morgan fingerprint density at radius 3 is 2.69 bits per heavy atom. The Balaban J connectivity index is 2.68. The summed E-state index contributed by atoms with van der Waals surface area (Å²) in [7, 11) is 0. The lowest BCUT2D eigenvalue weighted by Gasteiger charge is -2.19. The number of amides is 1. The molecule has 0 saturated carbocycles. The Morgan fingerprint density at radius 2 is 2.25 bits per heavy atom. The van der Waals surface area contributed by atoms with E-state index in [1.807, 2.05) is 13.8 Å². The van der Waals surface area contributed by atoms with E-state index in [2.05, 4.69) is 10.3 Å². The number of halogens is 1. The van der Waals surface area contributed by atoms with Crippen LogP contribution in [0.3, 0.4) is 0 Å². The van der Waals surface area contributed by atoms with Gasteiger partial charge in [0.2, 0.25) is 5.95 Å². The third kappa shape index (κ3) is 3.27. The number of nitrogens with zero attached hydrogens (tertiary/aromatic N) is 1. The average molecular weight is 226 g/mol. The summed E-state index contributed by atoms with van der Waals surface area (Å²) in [6.07, 6.45) is 1.17. The van der Waals surface area contributed by atoms with Crippen LogP contribution >= 0.6 is 0 Å². The van der Waals surface area contributed by atoms with Gasteiger partial charge in [-0.2, -0.15) is 4.39 Å². The molecule has 1 heterocycles. The molecule has 1 atom stereocenters. The van der Waals surface area contributed by atoms with Crippen molar-refractivity contribution in [1.29, 1.82) is 0 Å². The van der Waals surface area contributed by atoms with Gasteiger partial charge in [-0.3, -0.25) is 4.79 Å². The first-order valence-corrected chi connectivity index (χ1v) is 5.08. The zero-order valence-corrected chi connectivity index (χ0v) is 9.27. The maximum atomic E-state index is 12.5. The number of aromatic nitrogens is 1. The van der Waals surface area contributed by atoms with Gasteiger partial charge in [0.05, 0.1) is 18.2 Å². The standard InChI is InChI=1S/C11H15FN2O2/c1-7(2)9(6-15)14-11(16)8-3-4-10(12)13-5-8/h3-5,7,9,15H,6H2,1-2H3,(H,14,16)/t9-/m1/s1. The van der Waals surface area contributed by atoms with Gasteiger partial charge < -0.3 is 10.4 Å². The maximum absolute atomic E-state index is 12.5. The van der Waals surface area contributed by atoms with Crippen molar-refractivity contribution < 1.29 is 14.3 Å². The number of aliphatic hydroxyl groups is 1. The fraction of sp³-hybridized carbons (Fsp3) is 0.455. The van der Waals surface area contributed by atoms with E-state index in [0.29, 0.717) is 0 Å². The van der Waals surface area contributed by atoms with Gasteiger partial charge in [0.1, 0.15) is 0 Å². The van der Waals surface area contributed by atoms with Crippen LogP contribution in [0.5, 0.6) is 0 Å². The van der Waals surface area contributed by atoms with Gasteiger partial charge in [-0.25, -0.2) is 4.98 Å². The number of hydrogen-bond acceptors (Lipinski definition) is 3. The molecule has 2 N–H and O–H groups in total. The van der Waals surface area contributed by atoms with Crippen molar-refractivity contribution in [2.24, 2.45) is 5.92 Å². The van der Waals surface area contributed by atoms with Crippen LogP contribution in [0.4, 0.5) is 4.39 Å². The van der Waals surface area contributed by atoms with Crippen molar-refractivity contribution in [1.82, 2.24) is 10.3 Å². The molecule has 5 heteroatoms. The van der Waals surface area contributed by atoms with Crippen molar-refractivity contribution in [3.63, 3.8) is 0 Å². The van der Waals surface area contributed by atoms with E-state index in [9.17, 15) is 9.18 Å². The Hall–Kier alpha value is -1.49. The molecule has 1 amide bonds. The molecule has 0 aliphatic carbocycles. The highest BCUT2D eigenvalue weighted by molar-refractivity contribution is 5.94. The van der Waals surface area contributed by atoms with Gasteiger partial charge in [-0.15, -0.1) is 0 Å². The lowest BCUT2D eigenvalue weighted by atomic mass is 10.1. The van der Waals surface area contributed by atoms with Crippen LogP contribution in [-0.4, -0.2) is 28.6 Å². The number of pyridine rings is 1. The second kappa shape index (κ2) is 5.55.